The maximum absolute atomic E-state index is 13.0. The molecule has 4 aromatic rings. The molecule has 1 N–H and O–H groups in total. The minimum atomic E-state index is -4.39. The second-order valence-electron chi connectivity index (χ2n) is 8.71. The highest BCUT2D eigenvalue weighted by Gasteiger charge is 2.30. The van der Waals surface area contributed by atoms with E-state index in [9.17, 15) is 13.2 Å². The average molecular weight is 495 g/mol. The van der Waals surface area contributed by atoms with Crippen molar-refractivity contribution in [1.29, 1.82) is 0 Å². The van der Waals surface area contributed by atoms with Crippen molar-refractivity contribution in [1.82, 2.24) is 15.0 Å². The van der Waals surface area contributed by atoms with Crippen LogP contribution in [0.25, 0.3) is 22.2 Å². The van der Waals surface area contributed by atoms with E-state index in [-0.39, 0.29) is 12.7 Å². The Bertz CT molecular complexity index is 1350. The lowest BCUT2D eigenvalue weighted by atomic mass is 10.0. The molecule has 1 aliphatic heterocycles. The van der Waals surface area contributed by atoms with Crippen LogP contribution in [0.1, 0.15) is 29.8 Å². The van der Waals surface area contributed by atoms with Gasteiger partial charge in [0.2, 0.25) is 0 Å². The lowest BCUT2D eigenvalue weighted by Crippen LogP contribution is -2.23. The van der Waals surface area contributed by atoms with Crippen LogP contribution in [0.2, 0.25) is 0 Å². The molecule has 0 spiro atoms. The molecule has 2 aromatic heterocycles. The maximum atomic E-state index is 13.0. The molecule has 5 rings (SSSR count). The summed E-state index contributed by atoms with van der Waals surface area (Å²) in [5.41, 5.74) is 3.28. The fourth-order valence-electron chi connectivity index (χ4n) is 4.19. The molecule has 36 heavy (non-hydrogen) atoms. The SMILES string of the molecule is Cc1cccnc1-c1ccc2c(Nc3ccc(C(F)(F)F)cc3)nc(COC3CCOCC3)nc2c1. The molecule has 0 amide bonds. The van der Waals surface area contributed by atoms with Gasteiger partial charge in [0.1, 0.15) is 12.4 Å². The van der Waals surface area contributed by atoms with E-state index in [0.29, 0.717) is 36.1 Å². The zero-order chi connectivity index (χ0) is 25.1. The summed E-state index contributed by atoms with van der Waals surface area (Å²) in [6, 6.07) is 14.5. The molecule has 0 bridgehead atoms. The first-order valence-corrected chi connectivity index (χ1v) is 11.7. The molecule has 6 nitrogen and oxygen atoms in total. The van der Waals surface area contributed by atoms with Gasteiger partial charge in [0.05, 0.1) is 22.9 Å². The molecule has 1 aliphatic rings. The molecular formula is C27H25F3N4O2. The quantitative estimate of drug-likeness (QED) is 0.332. The number of aryl methyl sites for hydroxylation is 1. The predicted octanol–water partition coefficient (Wildman–Crippen LogP) is 6.46. The van der Waals surface area contributed by atoms with E-state index < -0.39 is 11.7 Å². The molecule has 2 aromatic carbocycles. The largest absolute Gasteiger partial charge is 0.416 e. The number of nitrogens with zero attached hydrogens (tertiary/aromatic N) is 3. The molecule has 0 aliphatic carbocycles. The van der Waals surface area contributed by atoms with E-state index >= 15 is 0 Å². The third-order valence-electron chi connectivity index (χ3n) is 6.12. The van der Waals surface area contributed by atoms with Crippen LogP contribution >= 0.6 is 0 Å². The highest BCUT2D eigenvalue weighted by atomic mass is 19.4. The molecule has 186 valence electrons. The molecule has 0 atom stereocenters. The Morgan fingerprint density at radius 3 is 2.53 bits per heavy atom. The number of aromatic nitrogens is 3. The third-order valence-corrected chi connectivity index (χ3v) is 6.12. The molecule has 0 saturated carbocycles. The summed E-state index contributed by atoms with van der Waals surface area (Å²) in [6.45, 7) is 3.54. The monoisotopic (exact) mass is 494 g/mol. The van der Waals surface area contributed by atoms with Gasteiger partial charge in [-0.2, -0.15) is 13.2 Å². The van der Waals surface area contributed by atoms with Crippen molar-refractivity contribution in [3.8, 4) is 11.3 Å². The van der Waals surface area contributed by atoms with E-state index in [4.69, 9.17) is 14.5 Å². The van der Waals surface area contributed by atoms with Gasteiger partial charge in [-0.25, -0.2) is 9.97 Å². The summed E-state index contributed by atoms with van der Waals surface area (Å²) in [5.74, 6) is 0.980. The number of rotatable bonds is 6. The number of benzene rings is 2. The summed E-state index contributed by atoms with van der Waals surface area (Å²) in [7, 11) is 0. The van der Waals surface area contributed by atoms with Crippen LogP contribution in [-0.4, -0.2) is 34.3 Å². The Labute approximate surface area is 206 Å². The number of ether oxygens (including phenoxy) is 2. The highest BCUT2D eigenvalue weighted by molar-refractivity contribution is 5.93. The highest BCUT2D eigenvalue weighted by Crippen LogP contribution is 2.32. The Kier molecular flexibility index (Phi) is 6.84. The molecule has 9 heteroatoms. The lowest BCUT2D eigenvalue weighted by molar-refractivity contribution is -0.137. The van der Waals surface area contributed by atoms with Crippen LogP contribution in [0.4, 0.5) is 24.7 Å². The zero-order valence-electron chi connectivity index (χ0n) is 19.7. The van der Waals surface area contributed by atoms with Gasteiger partial charge in [-0.3, -0.25) is 4.98 Å². The van der Waals surface area contributed by atoms with Crippen molar-refractivity contribution in [2.45, 2.75) is 38.7 Å². The Morgan fingerprint density at radius 1 is 1.03 bits per heavy atom. The third kappa shape index (κ3) is 5.47. The van der Waals surface area contributed by atoms with Crippen molar-refractivity contribution in [3.05, 3.63) is 77.7 Å². The lowest BCUT2D eigenvalue weighted by Gasteiger charge is -2.22. The molecule has 0 unspecified atom stereocenters. The van der Waals surface area contributed by atoms with Crippen molar-refractivity contribution in [2.24, 2.45) is 0 Å². The second kappa shape index (κ2) is 10.2. The minimum absolute atomic E-state index is 0.0758. The van der Waals surface area contributed by atoms with Gasteiger partial charge in [0.15, 0.2) is 5.82 Å². The summed E-state index contributed by atoms with van der Waals surface area (Å²) in [6.07, 6.45) is -0.945. The van der Waals surface area contributed by atoms with Gasteiger partial charge in [-0.05, 0) is 67.8 Å². The first-order valence-electron chi connectivity index (χ1n) is 11.7. The van der Waals surface area contributed by atoms with E-state index in [1.54, 1.807) is 6.20 Å². The number of halogens is 3. The normalized spacial score (nSPS) is 14.8. The molecule has 3 heterocycles. The Hall–Kier alpha value is -3.56. The van der Waals surface area contributed by atoms with Crippen LogP contribution in [0, 0.1) is 6.92 Å². The van der Waals surface area contributed by atoms with Crippen LogP contribution in [0.15, 0.2) is 60.8 Å². The smallest absolute Gasteiger partial charge is 0.381 e. The van der Waals surface area contributed by atoms with Gasteiger partial charge in [-0.1, -0.05) is 12.1 Å². The first-order chi connectivity index (χ1) is 17.4. The summed E-state index contributed by atoms with van der Waals surface area (Å²) >= 11 is 0. The van der Waals surface area contributed by atoms with Crippen LogP contribution < -0.4 is 5.32 Å². The number of nitrogens with one attached hydrogen (secondary N) is 1. The number of alkyl halides is 3. The van der Waals surface area contributed by atoms with Gasteiger partial charge >= 0.3 is 6.18 Å². The maximum Gasteiger partial charge on any atom is 0.416 e. The molecule has 1 saturated heterocycles. The van der Waals surface area contributed by atoms with Crippen LogP contribution in [0.3, 0.4) is 0 Å². The Morgan fingerprint density at radius 2 is 1.81 bits per heavy atom. The van der Waals surface area contributed by atoms with E-state index in [2.05, 4.69) is 15.3 Å². The van der Waals surface area contributed by atoms with Gasteiger partial charge in [0.25, 0.3) is 0 Å². The number of hydrogen-bond acceptors (Lipinski definition) is 6. The van der Waals surface area contributed by atoms with Crippen molar-refractivity contribution in [3.63, 3.8) is 0 Å². The van der Waals surface area contributed by atoms with Crippen LogP contribution in [-0.2, 0) is 22.3 Å². The molecule has 0 radical (unpaired) electrons. The Balaban J connectivity index is 1.50. The van der Waals surface area contributed by atoms with Gasteiger partial charge in [-0.15, -0.1) is 0 Å². The topological polar surface area (TPSA) is 69.2 Å². The van der Waals surface area contributed by atoms with E-state index in [0.717, 1.165) is 47.2 Å². The number of hydrogen-bond donors (Lipinski definition) is 1. The fraction of sp³-hybridized carbons (Fsp3) is 0.296. The van der Waals surface area contributed by atoms with E-state index in [1.807, 2.05) is 37.3 Å². The minimum Gasteiger partial charge on any atom is -0.381 e. The number of pyridine rings is 1. The summed E-state index contributed by atoms with van der Waals surface area (Å²) < 4.78 is 50.4. The van der Waals surface area contributed by atoms with Crippen molar-refractivity contribution >= 4 is 22.4 Å². The second-order valence-corrected chi connectivity index (χ2v) is 8.71. The fourth-order valence-corrected chi connectivity index (χ4v) is 4.19. The summed E-state index contributed by atoms with van der Waals surface area (Å²) in [5, 5.41) is 3.90. The van der Waals surface area contributed by atoms with Crippen molar-refractivity contribution < 1.29 is 22.6 Å². The van der Waals surface area contributed by atoms with E-state index in [1.165, 1.54) is 12.1 Å². The van der Waals surface area contributed by atoms with Crippen molar-refractivity contribution in [2.75, 3.05) is 18.5 Å². The standard InChI is InChI=1S/C27H25F3N4O2/c1-17-3-2-12-31-25(17)18-4-9-22-23(15-18)33-24(16-36-21-10-13-35-14-11-21)34-26(22)32-20-7-5-19(6-8-20)27(28,29)30/h2-9,12,15,21H,10-11,13-14,16H2,1H3,(H,32,33,34). The molecule has 1 fully saturated rings. The van der Waals surface area contributed by atoms with Crippen LogP contribution in [0.5, 0.6) is 0 Å². The number of anilines is 2. The molecular weight excluding hydrogens is 469 g/mol. The van der Waals surface area contributed by atoms with Gasteiger partial charge < -0.3 is 14.8 Å². The summed E-state index contributed by atoms with van der Waals surface area (Å²) in [4.78, 5) is 13.9. The predicted molar refractivity (Wildman–Crippen MR) is 131 cm³/mol. The number of fused-ring (bicyclic) bond motifs is 1. The average Bonchev–Trinajstić information content (AvgIpc) is 2.88. The van der Waals surface area contributed by atoms with Gasteiger partial charge in [0, 0.05) is 36.0 Å². The first kappa shape index (κ1) is 24.1. The zero-order valence-corrected chi connectivity index (χ0v) is 19.7.